The molecule has 0 aromatic carbocycles. The van der Waals surface area contributed by atoms with Crippen molar-refractivity contribution in [3.8, 4) is 0 Å². The smallest absolute Gasteiger partial charge is 0.237 e. The Morgan fingerprint density at radius 3 is 2.58 bits per heavy atom. The van der Waals surface area contributed by atoms with Gasteiger partial charge in [0.25, 0.3) is 0 Å². The van der Waals surface area contributed by atoms with Gasteiger partial charge in [-0.05, 0) is 31.9 Å². The van der Waals surface area contributed by atoms with E-state index < -0.39 is 14.3 Å². The lowest BCUT2D eigenvalue weighted by atomic mass is 10.4. The van der Waals surface area contributed by atoms with Crippen LogP contribution in [0.25, 0.3) is 0 Å². The fourth-order valence-electron chi connectivity index (χ4n) is 1.69. The van der Waals surface area contributed by atoms with Crippen molar-refractivity contribution < 1.29 is 13.2 Å². The van der Waals surface area contributed by atoms with Gasteiger partial charge in [-0.3, -0.25) is 9.69 Å². The molecule has 0 radical (unpaired) electrons. The number of halogens is 4. The molecule has 1 amide bonds. The minimum atomic E-state index is -3.78. The lowest BCUT2D eigenvalue weighted by Gasteiger charge is -2.17. The van der Waals surface area contributed by atoms with E-state index in [2.05, 4.69) is 36.8 Å². The van der Waals surface area contributed by atoms with Gasteiger partial charge in [0.1, 0.15) is 5.25 Å². The van der Waals surface area contributed by atoms with Crippen LogP contribution in [0.15, 0.2) is 15.1 Å². The standard InChI is InChI=1S/C9H6Br2Cl2N2O3S/c10-5-2-14-9(7(11)8(5)12)15-3-4(1-6(15)16)19(13,17)18/h2,4H,1,3H2. The molecule has 1 aliphatic heterocycles. The molecule has 2 heterocycles. The number of hydrogen-bond donors (Lipinski definition) is 0. The molecule has 1 unspecified atom stereocenters. The van der Waals surface area contributed by atoms with E-state index >= 15 is 0 Å². The van der Waals surface area contributed by atoms with Crippen LogP contribution in [0.5, 0.6) is 0 Å². The largest absolute Gasteiger partial charge is 0.294 e. The van der Waals surface area contributed by atoms with Gasteiger partial charge in [-0.1, -0.05) is 11.6 Å². The van der Waals surface area contributed by atoms with Gasteiger partial charge in [-0.2, -0.15) is 0 Å². The second-order valence-electron chi connectivity index (χ2n) is 3.86. The molecule has 1 saturated heterocycles. The van der Waals surface area contributed by atoms with E-state index in [1.54, 1.807) is 0 Å². The summed E-state index contributed by atoms with van der Waals surface area (Å²) in [4.78, 5) is 17.2. The van der Waals surface area contributed by atoms with Crippen molar-refractivity contribution in [2.24, 2.45) is 0 Å². The van der Waals surface area contributed by atoms with Crippen LogP contribution in [-0.4, -0.2) is 31.1 Å². The predicted octanol–water partition coefficient (Wildman–Crippen LogP) is 2.93. The first-order valence-corrected chi connectivity index (χ1v) is 9.28. The Balaban J connectivity index is 2.39. The summed E-state index contributed by atoms with van der Waals surface area (Å²) >= 11 is 12.5. The van der Waals surface area contributed by atoms with Crippen LogP contribution in [0.2, 0.25) is 5.02 Å². The Kier molecular flexibility index (Phi) is 4.47. The van der Waals surface area contributed by atoms with E-state index in [-0.39, 0.29) is 24.7 Å². The summed E-state index contributed by atoms with van der Waals surface area (Å²) in [6, 6.07) is 0. The second kappa shape index (κ2) is 5.48. The minimum Gasteiger partial charge on any atom is -0.294 e. The zero-order chi connectivity index (χ0) is 14.4. The summed E-state index contributed by atoms with van der Waals surface area (Å²) in [7, 11) is 1.50. The topological polar surface area (TPSA) is 67.3 Å². The van der Waals surface area contributed by atoms with Gasteiger partial charge in [0.05, 0.1) is 14.0 Å². The average Bonchev–Trinajstić information content (AvgIpc) is 2.68. The molecule has 2 rings (SSSR count). The van der Waals surface area contributed by atoms with Crippen molar-refractivity contribution in [2.45, 2.75) is 11.7 Å². The number of rotatable bonds is 2. The van der Waals surface area contributed by atoms with Crippen LogP contribution < -0.4 is 4.90 Å². The van der Waals surface area contributed by atoms with Gasteiger partial charge < -0.3 is 0 Å². The second-order valence-corrected chi connectivity index (χ2v) is 8.80. The lowest BCUT2D eigenvalue weighted by molar-refractivity contribution is -0.117. The molecule has 5 nitrogen and oxygen atoms in total. The molecule has 0 bridgehead atoms. The SMILES string of the molecule is O=C1CC(S(=O)(=O)Cl)CN1c1ncc(Br)c(Cl)c1Br. The Morgan fingerprint density at radius 2 is 2.05 bits per heavy atom. The highest BCUT2D eigenvalue weighted by Crippen LogP contribution is 2.38. The van der Waals surface area contributed by atoms with Gasteiger partial charge >= 0.3 is 0 Å². The molecule has 0 aliphatic carbocycles. The van der Waals surface area contributed by atoms with E-state index in [4.69, 9.17) is 22.3 Å². The van der Waals surface area contributed by atoms with E-state index in [0.717, 1.165) is 0 Å². The van der Waals surface area contributed by atoms with Crippen LogP contribution in [0, 0.1) is 0 Å². The highest BCUT2D eigenvalue weighted by atomic mass is 79.9. The van der Waals surface area contributed by atoms with Crippen molar-refractivity contribution in [2.75, 3.05) is 11.4 Å². The summed E-state index contributed by atoms with van der Waals surface area (Å²) in [5.41, 5.74) is 0. The molecular weight excluding hydrogens is 447 g/mol. The van der Waals surface area contributed by atoms with Gasteiger partial charge in [0.15, 0.2) is 5.82 Å². The highest BCUT2D eigenvalue weighted by Gasteiger charge is 2.39. The summed E-state index contributed by atoms with van der Waals surface area (Å²) in [6.45, 7) is -0.0335. The number of hydrogen-bond acceptors (Lipinski definition) is 4. The summed E-state index contributed by atoms with van der Waals surface area (Å²) in [5.74, 6) is -0.0816. The molecule has 1 fully saturated rings. The van der Waals surface area contributed by atoms with Gasteiger partial charge in [-0.25, -0.2) is 13.4 Å². The maximum Gasteiger partial charge on any atom is 0.237 e. The molecule has 0 spiro atoms. The first kappa shape index (κ1) is 15.5. The van der Waals surface area contributed by atoms with E-state index in [0.29, 0.717) is 14.0 Å². The lowest BCUT2D eigenvalue weighted by Crippen LogP contribution is -2.28. The molecule has 10 heteroatoms. The number of anilines is 1. The number of nitrogens with zero attached hydrogens (tertiary/aromatic N) is 2. The molecule has 104 valence electrons. The summed E-state index contributed by atoms with van der Waals surface area (Å²) in [6.07, 6.45) is 1.28. The maximum atomic E-state index is 11.9. The van der Waals surface area contributed by atoms with Crippen molar-refractivity contribution in [1.82, 2.24) is 4.98 Å². The first-order valence-electron chi connectivity index (χ1n) is 4.95. The fraction of sp³-hybridized carbons (Fsp3) is 0.333. The third-order valence-corrected chi connectivity index (χ3v) is 6.71. The Morgan fingerprint density at radius 1 is 1.42 bits per heavy atom. The number of aromatic nitrogens is 1. The molecular formula is C9H6Br2Cl2N2O3S. The molecule has 1 aromatic heterocycles. The van der Waals surface area contributed by atoms with Crippen LogP contribution in [0.4, 0.5) is 5.82 Å². The number of carbonyl (C=O) groups is 1. The molecule has 0 N–H and O–H groups in total. The van der Waals surface area contributed by atoms with E-state index in [1.165, 1.54) is 11.1 Å². The predicted molar refractivity (Wildman–Crippen MR) is 80.2 cm³/mol. The quantitative estimate of drug-likeness (QED) is 0.647. The molecule has 1 aliphatic rings. The number of amides is 1. The van der Waals surface area contributed by atoms with E-state index in [1.807, 2.05) is 0 Å². The van der Waals surface area contributed by atoms with Crippen molar-refractivity contribution >= 4 is 74.9 Å². The molecule has 19 heavy (non-hydrogen) atoms. The fourth-order valence-corrected chi connectivity index (χ4v) is 3.95. The Hall–Kier alpha value is 0.110. The third-order valence-electron chi connectivity index (χ3n) is 2.64. The molecule has 1 atom stereocenters. The Labute approximate surface area is 135 Å². The van der Waals surface area contributed by atoms with Crippen molar-refractivity contribution in [3.05, 3.63) is 20.2 Å². The Bertz CT molecular complexity index is 653. The van der Waals surface area contributed by atoms with Crippen LogP contribution in [-0.2, 0) is 13.8 Å². The third kappa shape index (κ3) is 3.07. The van der Waals surface area contributed by atoms with Crippen molar-refractivity contribution in [1.29, 1.82) is 0 Å². The maximum absolute atomic E-state index is 11.9. The average molecular weight is 453 g/mol. The van der Waals surface area contributed by atoms with Crippen LogP contribution in [0.1, 0.15) is 6.42 Å². The number of pyridine rings is 1. The van der Waals surface area contributed by atoms with Gasteiger partial charge in [0, 0.05) is 29.8 Å². The minimum absolute atomic E-state index is 0.0335. The van der Waals surface area contributed by atoms with Gasteiger partial charge in [0.2, 0.25) is 15.0 Å². The van der Waals surface area contributed by atoms with Crippen molar-refractivity contribution in [3.63, 3.8) is 0 Å². The van der Waals surface area contributed by atoms with Gasteiger partial charge in [-0.15, -0.1) is 0 Å². The summed E-state index contributed by atoms with van der Waals surface area (Å²) < 4.78 is 23.6. The van der Waals surface area contributed by atoms with Crippen LogP contribution in [0.3, 0.4) is 0 Å². The van der Waals surface area contributed by atoms with E-state index in [9.17, 15) is 13.2 Å². The normalized spacial score (nSPS) is 20.1. The zero-order valence-corrected chi connectivity index (χ0v) is 14.6. The zero-order valence-electron chi connectivity index (χ0n) is 9.11. The summed E-state index contributed by atoms with van der Waals surface area (Å²) in [5, 5.41) is -0.576. The first-order chi connectivity index (χ1) is 8.71. The van der Waals surface area contributed by atoms with Crippen LogP contribution >= 0.6 is 54.1 Å². The number of carbonyl (C=O) groups excluding carboxylic acids is 1. The molecule has 0 saturated carbocycles. The monoisotopic (exact) mass is 450 g/mol. The highest BCUT2D eigenvalue weighted by molar-refractivity contribution is 9.11. The molecule has 1 aromatic rings.